The zero-order valence-corrected chi connectivity index (χ0v) is 18.4. The van der Waals surface area contributed by atoms with Crippen molar-refractivity contribution >= 4 is 5.96 Å². The van der Waals surface area contributed by atoms with Crippen LogP contribution in [-0.4, -0.2) is 58.3 Å². The number of likely N-dealkylation sites (tertiary alicyclic amines) is 1. The van der Waals surface area contributed by atoms with Crippen LogP contribution in [0.25, 0.3) is 0 Å². The zero-order valence-electron chi connectivity index (χ0n) is 18.4. The van der Waals surface area contributed by atoms with Crippen molar-refractivity contribution in [3.8, 4) is 11.5 Å². The first-order valence-corrected chi connectivity index (χ1v) is 10.7. The standard InChI is InChI=1S/C24H34N4O2/c1-25-24(26-15-14-20-8-4-5-9-23(20)30-3)27-18-22(28-16-6-7-17-28)19-10-12-21(29-2)13-11-19/h4-5,8-13,22H,6-7,14-18H2,1-3H3,(H2,25,26,27). The summed E-state index contributed by atoms with van der Waals surface area (Å²) < 4.78 is 10.8. The van der Waals surface area contributed by atoms with Gasteiger partial charge in [-0.25, -0.2) is 0 Å². The van der Waals surface area contributed by atoms with Crippen molar-refractivity contribution in [1.82, 2.24) is 15.5 Å². The average Bonchev–Trinajstić information content (AvgIpc) is 3.33. The van der Waals surface area contributed by atoms with Gasteiger partial charge in [-0.05, 0) is 61.7 Å². The van der Waals surface area contributed by atoms with Crippen LogP contribution in [0, 0.1) is 0 Å². The van der Waals surface area contributed by atoms with Crippen molar-refractivity contribution in [1.29, 1.82) is 0 Å². The van der Waals surface area contributed by atoms with Crippen molar-refractivity contribution in [2.75, 3.05) is 47.4 Å². The molecule has 162 valence electrons. The lowest BCUT2D eigenvalue weighted by atomic mass is 10.1. The van der Waals surface area contributed by atoms with Gasteiger partial charge in [-0.2, -0.15) is 0 Å². The molecular weight excluding hydrogens is 376 g/mol. The summed E-state index contributed by atoms with van der Waals surface area (Å²) in [6.45, 7) is 3.87. The Hall–Kier alpha value is -2.73. The monoisotopic (exact) mass is 410 g/mol. The largest absolute Gasteiger partial charge is 0.497 e. The Labute approximate surface area is 180 Å². The number of para-hydroxylation sites is 1. The molecule has 2 N–H and O–H groups in total. The third-order valence-electron chi connectivity index (χ3n) is 5.65. The Bertz CT molecular complexity index is 801. The van der Waals surface area contributed by atoms with Crippen molar-refractivity contribution < 1.29 is 9.47 Å². The van der Waals surface area contributed by atoms with Crippen LogP contribution in [-0.2, 0) is 6.42 Å². The van der Waals surface area contributed by atoms with Crippen LogP contribution in [0.15, 0.2) is 53.5 Å². The molecule has 1 aliphatic heterocycles. The third kappa shape index (κ3) is 5.89. The number of hydrogen-bond acceptors (Lipinski definition) is 4. The van der Waals surface area contributed by atoms with Gasteiger partial charge in [0, 0.05) is 20.1 Å². The van der Waals surface area contributed by atoms with Crippen LogP contribution < -0.4 is 20.1 Å². The molecule has 0 aromatic heterocycles. The van der Waals surface area contributed by atoms with Crippen LogP contribution >= 0.6 is 0 Å². The summed E-state index contributed by atoms with van der Waals surface area (Å²) in [5, 5.41) is 6.95. The van der Waals surface area contributed by atoms with Gasteiger partial charge in [0.2, 0.25) is 0 Å². The minimum atomic E-state index is 0.311. The molecule has 0 aliphatic carbocycles. The molecule has 1 atom stereocenters. The van der Waals surface area contributed by atoms with Gasteiger partial charge in [-0.3, -0.25) is 9.89 Å². The van der Waals surface area contributed by atoms with E-state index in [0.717, 1.165) is 50.1 Å². The second kappa shape index (κ2) is 11.5. The first-order valence-electron chi connectivity index (χ1n) is 10.7. The highest BCUT2D eigenvalue weighted by molar-refractivity contribution is 5.79. The number of guanidine groups is 1. The molecule has 1 aliphatic rings. The van der Waals surface area contributed by atoms with E-state index in [1.807, 2.05) is 37.4 Å². The number of aliphatic imine (C=N–C) groups is 1. The maximum absolute atomic E-state index is 5.44. The van der Waals surface area contributed by atoms with E-state index in [1.54, 1.807) is 14.2 Å². The maximum Gasteiger partial charge on any atom is 0.191 e. The summed E-state index contributed by atoms with van der Waals surface area (Å²) in [4.78, 5) is 6.96. The minimum Gasteiger partial charge on any atom is -0.497 e. The van der Waals surface area contributed by atoms with Gasteiger partial charge >= 0.3 is 0 Å². The second-order valence-electron chi connectivity index (χ2n) is 7.47. The highest BCUT2D eigenvalue weighted by Gasteiger charge is 2.23. The molecule has 0 amide bonds. The summed E-state index contributed by atoms with van der Waals surface area (Å²) in [6, 6.07) is 16.9. The van der Waals surface area contributed by atoms with Gasteiger partial charge < -0.3 is 20.1 Å². The summed E-state index contributed by atoms with van der Waals surface area (Å²) in [5.74, 6) is 2.64. The topological polar surface area (TPSA) is 58.1 Å². The van der Waals surface area contributed by atoms with E-state index in [-0.39, 0.29) is 0 Å². The van der Waals surface area contributed by atoms with E-state index in [1.165, 1.54) is 24.0 Å². The molecule has 0 spiro atoms. The fraction of sp³-hybridized carbons (Fsp3) is 0.458. The molecule has 6 nitrogen and oxygen atoms in total. The molecule has 0 saturated carbocycles. The lowest BCUT2D eigenvalue weighted by molar-refractivity contribution is 0.245. The first kappa shape index (κ1) is 22.0. The summed E-state index contributed by atoms with van der Waals surface area (Å²) >= 11 is 0. The molecule has 1 saturated heterocycles. The Morgan fingerprint density at radius 2 is 1.73 bits per heavy atom. The van der Waals surface area contributed by atoms with E-state index < -0.39 is 0 Å². The van der Waals surface area contributed by atoms with Gasteiger partial charge in [0.25, 0.3) is 0 Å². The number of rotatable bonds is 9. The van der Waals surface area contributed by atoms with Crippen LogP contribution in [0.1, 0.15) is 30.0 Å². The molecular formula is C24H34N4O2. The first-order chi connectivity index (χ1) is 14.7. The minimum absolute atomic E-state index is 0.311. The van der Waals surface area contributed by atoms with Crippen molar-refractivity contribution in [3.05, 3.63) is 59.7 Å². The number of nitrogens with zero attached hydrogens (tertiary/aromatic N) is 2. The van der Waals surface area contributed by atoms with Crippen LogP contribution in [0.3, 0.4) is 0 Å². The third-order valence-corrected chi connectivity index (χ3v) is 5.65. The highest BCUT2D eigenvalue weighted by Crippen LogP contribution is 2.26. The molecule has 1 unspecified atom stereocenters. The van der Waals surface area contributed by atoms with Crippen molar-refractivity contribution in [2.45, 2.75) is 25.3 Å². The Morgan fingerprint density at radius 3 is 2.40 bits per heavy atom. The lowest BCUT2D eigenvalue weighted by Gasteiger charge is -2.29. The maximum atomic E-state index is 5.44. The molecule has 3 rings (SSSR count). The Balaban J connectivity index is 1.57. The normalized spacial score (nSPS) is 15.6. The van der Waals surface area contributed by atoms with E-state index in [0.29, 0.717) is 6.04 Å². The second-order valence-corrected chi connectivity index (χ2v) is 7.47. The van der Waals surface area contributed by atoms with Gasteiger partial charge in [0.15, 0.2) is 5.96 Å². The summed E-state index contributed by atoms with van der Waals surface area (Å²) in [7, 11) is 5.23. The highest BCUT2D eigenvalue weighted by atomic mass is 16.5. The summed E-state index contributed by atoms with van der Waals surface area (Å²) in [6.07, 6.45) is 3.40. The Kier molecular flexibility index (Phi) is 8.39. The van der Waals surface area contributed by atoms with E-state index >= 15 is 0 Å². The van der Waals surface area contributed by atoms with Crippen molar-refractivity contribution in [2.24, 2.45) is 4.99 Å². The molecule has 2 aromatic carbocycles. The van der Waals surface area contributed by atoms with Gasteiger partial charge in [-0.1, -0.05) is 30.3 Å². The number of nitrogens with one attached hydrogen (secondary N) is 2. The van der Waals surface area contributed by atoms with E-state index in [9.17, 15) is 0 Å². The zero-order chi connectivity index (χ0) is 21.2. The summed E-state index contributed by atoms with van der Waals surface area (Å²) in [5.41, 5.74) is 2.49. The van der Waals surface area contributed by atoms with E-state index in [4.69, 9.17) is 9.47 Å². The predicted octanol–water partition coefficient (Wildman–Crippen LogP) is 3.25. The van der Waals surface area contributed by atoms with Crippen molar-refractivity contribution in [3.63, 3.8) is 0 Å². The van der Waals surface area contributed by atoms with Crippen LogP contribution in [0.5, 0.6) is 11.5 Å². The number of benzene rings is 2. The van der Waals surface area contributed by atoms with Crippen LogP contribution in [0.4, 0.5) is 0 Å². The van der Waals surface area contributed by atoms with Gasteiger partial charge in [-0.15, -0.1) is 0 Å². The fourth-order valence-electron chi connectivity index (χ4n) is 3.98. The molecule has 0 radical (unpaired) electrons. The molecule has 30 heavy (non-hydrogen) atoms. The fourth-order valence-corrected chi connectivity index (χ4v) is 3.98. The quantitative estimate of drug-likeness (QED) is 0.491. The molecule has 1 heterocycles. The molecule has 6 heteroatoms. The van der Waals surface area contributed by atoms with Crippen LogP contribution in [0.2, 0.25) is 0 Å². The SMILES string of the molecule is CN=C(NCCc1ccccc1OC)NCC(c1ccc(OC)cc1)N1CCCC1. The Morgan fingerprint density at radius 1 is 1.00 bits per heavy atom. The molecule has 0 bridgehead atoms. The number of methoxy groups -OCH3 is 2. The lowest BCUT2D eigenvalue weighted by Crippen LogP contribution is -2.43. The van der Waals surface area contributed by atoms with E-state index in [2.05, 4.69) is 38.7 Å². The smallest absolute Gasteiger partial charge is 0.191 e. The number of hydrogen-bond donors (Lipinski definition) is 2. The number of ether oxygens (including phenoxy) is 2. The van der Waals surface area contributed by atoms with Gasteiger partial charge in [0.1, 0.15) is 11.5 Å². The molecule has 1 fully saturated rings. The average molecular weight is 411 g/mol. The predicted molar refractivity (Wildman–Crippen MR) is 123 cm³/mol. The van der Waals surface area contributed by atoms with Gasteiger partial charge in [0.05, 0.1) is 20.3 Å². The molecule has 2 aromatic rings.